The number of piperazine rings is 1. The molecular formula is C23H40N4O. The number of anilines is 1. The minimum Gasteiger partial charge on any atom is -0.353 e. The van der Waals surface area contributed by atoms with Crippen LogP contribution in [0.3, 0.4) is 0 Å². The number of nitrogens with zero attached hydrogens (tertiary/aromatic N) is 4. The van der Waals surface area contributed by atoms with Crippen molar-refractivity contribution in [2.75, 3.05) is 31.1 Å². The summed E-state index contributed by atoms with van der Waals surface area (Å²) in [6, 6.07) is 0. The molecule has 28 heavy (non-hydrogen) atoms. The van der Waals surface area contributed by atoms with Crippen LogP contribution in [0.4, 0.5) is 5.82 Å². The summed E-state index contributed by atoms with van der Waals surface area (Å²) >= 11 is 0. The van der Waals surface area contributed by atoms with E-state index in [0.29, 0.717) is 18.2 Å². The molecule has 0 unspecified atom stereocenters. The molecule has 0 bridgehead atoms. The van der Waals surface area contributed by atoms with E-state index in [4.69, 9.17) is 4.98 Å². The summed E-state index contributed by atoms with van der Waals surface area (Å²) in [7, 11) is 0. The molecule has 5 nitrogen and oxygen atoms in total. The highest BCUT2D eigenvalue weighted by molar-refractivity contribution is 5.76. The zero-order valence-electron chi connectivity index (χ0n) is 18.8. The van der Waals surface area contributed by atoms with Gasteiger partial charge in [0.1, 0.15) is 11.6 Å². The molecule has 1 saturated heterocycles. The second kappa shape index (κ2) is 11.4. The highest BCUT2D eigenvalue weighted by atomic mass is 16.2. The number of hydrogen-bond donors (Lipinski definition) is 0. The Bertz CT molecular complexity index is 621. The van der Waals surface area contributed by atoms with E-state index in [0.717, 1.165) is 49.9 Å². The summed E-state index contributed by atoms with van der Waals surface area (Å²) < 4.78 is 0. The van der Waals surface area contributed by atoms with Crippen LogP contribution in [0.15, 0.2) is 0 Å². The summed E-state index contributed by atoms with van der Waals surface area (Å²) in [6.07, 6.45) is 9.48. The minimum atomic E-state index is 0.326. The fourth-order valence-corrected chi connectivity index (χ4v) is 4.18. The highest BCUT2D eigenvalue weighted by Crippen LogP contribution is 2.29. The molecule has 1 amide bonds. The third-order valence-electron chi connectivity index (χ3n) is 5.73. The van der Waals surface area contributed by atoms with E-state index in [1.165, 1.54) is 44.1 Å². The summed E-state index contributed by atoms with van der Waals surface area (Å²) in [6.45, 7) is 14.0. The van der Waals surface area contributed by atoms with Gasteiger partial charge in [0, 0.05) is 43.9 Å². The summed E-state index contributed by atoms with van der Waals surface area (Å²) in [5.74, 6) is 2.62. The van der Waals surface area contributed by atoms with Crippen LogP contribution in [0.1, 0.15) is 95.1 Å². The lowest BCUT2D eigenvalue weighted by Crippen LogP contribution is -2.49. The molecule has 0 atom stereocenters. The first-order valence-corrected chi connectivity index (χ1v) is 11.3. The van der Waals surface area contributed by atoms with E-state index in [1.54, 1.807) is 0 Å². The van der Waals surface area contributed by atoms with E-state index in [2.05, 4.69) is 37.6 Å². The van der Waals surface area contributed by atoms with Crippen LogP contribution in [0.2, 0.25) is 0 Å². The molecular weight excluding hydrogens is 348 g/mol. The Labute approximate surface area is 171 Å². The van der Waals surface area contributed by atoms with Gasteiger partial charge in [0.05, 0.1) is 0 Å². The van der Waals surface area contributed by atoms with Crippen LogP contribution >= 0.6 is 0 Å². The maximum atomic E-state index is 12.5. The van der Waals surface area contributed by atoms with E-state index >= 15 is 0 Å². The largest absolute Gasteiger partial charge is 0.353 e. The zero-order valence-corrected chi connectivity index (χ0v) is 18.8. The molecule has 0 saturated carbocycles. The number of unbranched alkanes of at least 4 members (excludes halogenated alkanes) is 6. The number of carbonyl (C=O) groups excluding carboxylic acids is 1. The van der Waals surface area contributed by atoms with Gasteiger partial charge in [-0.1, -0.05) is 59.3 Å². The van der Waals surface area contributed by atoms with Crippen LogP contribution in [0.25, 0.3) is 0 Å². The van der Waals surface area contributed by atoms with Crippen LogP contribution in [0, 0.1) is 13.8 Å². The second-order valence-corrected chi connectivity index (χ2v) is 8.49. The first kappa shape index (κ1) is 22.6. The molecule has 0 spiro atoms. The third kappa shape index (κ3) is 6.46. The number of rotatable bonds is 10. The Kier molecular flexibility index (Phi) is 9.20. The van der Waals surface area contributed by atoms with Gasteiger partial charge in [0.25, 0.3) is 0 Å². The number of aryl methyl sites for hydroxylation is 2. The molecule has 1 aliphatic rings. The maximum absolute atomic E-state index is 12.5. The van der Waals surface area contributed by atoms with Gasteiger partial charge in [-0.15, -0.1) is 0 Å². The van der Waals surface area contributed by atoms with Crippen molar-refractivity contribution in [1.82, 2.24) is 14.9 Å². The zero-order chi connectivity index (χ0) is 20.5. The van der Waals surface area contributed by atoms with Gasteiger partial charge in [-0.25, -0.2) is 9.97 Å². The van der Waals surface area contributed by atoms with E-state index < -0.39 is 0 Å². The van der Waals surface area contributed by atoms with Crippen LogP contribution < -0.4 is 4.90 Å². The normalized spacial score (nSPS) is 14.8. The molecule has 0 aliphatic carbocycles. The highest BCUT2D eigenvalue weighted by Gasteiger charge is 2.25. The molecule has 0 radical (unpaired) electrons. The predicted molar refractivity (Wildman–Crippen MR) is 117 cm³/mol. The maximum Gasteiger partial charge on any atom is 0.222 e. The lowest BCUT2D eigenvalue weighted by molar-refractivity contribution is -0.131. The Morgan fingerprint density at radius 2 is 1.54 bits per heavy atom. The SMILES string of the molecule is CCCCCCCCCC(=O)N1CCN(c2nc(C)nc(C)c2C(C)C)CC1. The topological polar surface area (TPSA) is 49.3 Å². The fraction of sp³-hybridized carbons (Fsp3) is 0.783. The van der Waals surface area contributed by atoms with Crippen molar-refractivity contribution in [2.24, 2.45) is 0 Å². The van der Waals surface area contributed by atoms with Gasteiger partial charge >= 0.3 is 0 Å². The molecule has 2 heterocycles. The minimum absolute atomic E-state index is 0.326. The van der Waals surface area contributed by atoms with Crippen molar-refractivity contribution < 1.29 is 4.79 Å². The van der Waals surface area contributed by atoms with Crippen molar-refractivity contribution in [3.05, 3.63) is 17.1 Å². The van der Waals surface area contributed by atoms with Gasteiger partial charge in [0.15, 0.2) is 0 Å². The van der Waals surface area contributed by atoms with Crippen molar-refractivity contribution in [3.8, 4) is 0 Å². The standard InChI is InChI=1S/C23H40N4O/c1-6-7-8-9-10-11-12-13-21(28)26-14-16-27(17-15-26)23-22(18(2)3)19(4)24-20(5)25-23/h18H,6-17H2,1-5H3. The molecule has 1 aliphatic heterocycles. The summed E-state index contributed by atoms with van der Waals surface area (Å²) in [5.41, 5.74) is 2.32. The first-order valence-electron chi connectivity index (χ1n) is 11.3. The molecule has 0 aromatic carbocycles. The number of carbonyl (C=O) groups is 1. The third-order valence-corrected chi connectivity index (χ3v) is 5.73. The fourth-order valence-electron chi connectivity index (χ4n) is 4.18. The van der Waals surface area contributed by atoms with Crippen LogP contribution in [-0.2, 0) is 4.79 Å². The first-order chi connectivity index (χ1) is 13.4. The van der Waals surface area contributed by atoms with Crippen molar-refractivity contribution in [3.63, 3.8) is 0 Å². The monoisotopic (exact) mass is 388 g/mol. The van der Waals surface area contributed by atoms with Gasteiger partial charge in [0.2, 0.25) is 5.91 Å². The van der Waals surface area contributed by atoms with Crippen molar-refractivity contribution in [1.29, 1.82) is 0 Å². The quantitative estimate of drug-likeness (QED) is 0.529. The van der Waals surface area contributed by atoms with Gasteiger partial charge in [-0.2, -0.15) is 0 Å². The second-order valence-electron chi connectivity index (χ2n) is 8.49. The van der Waals surface area contributed by atoms with Gasteiger partial charge in [-0.05, 0) is 26.2 Å². The smallest absolute Gasteiger partial charge is 0.222 e. The Hall–Kier alpha value is -1.65. The predicted octanol–water partition coefficient (Wildman–Crippen LogP) is 5.01. The van der Waals surface area contributed by atoms with Crippen molar-refractivity contribution >= 4 is 11.7 Å². The van der Waals surface area contributed by atoms with Gasteiger partial charge in [-0.3, -0.25) is 4.79 Å². The average Bonchev–Trinajstić information content (AvgIpc) is 2.66. The Balaban J connectivity index is 1.81. The molecule has 1 aromatic rings. The Morgan fingerprint density at radius 3 is 2.14 bits per heavy atom. The molecule has 158 valence electrons. The van der Waals surface area contributed by atoms with Crippen LogP contribution in [0.5, 0.6) is 0 Å². The van der Waals surface area contributed by atoms with Crippen LogP contribution in [-0.4, -0.2) is 47.0 Å². The number of hydrogen-bond acceptors (Lipinski definition) is 4. The van der Waals surface area contributed by atoms with E-state index in [-0.39, 0.29) is 0 Å². The molecule has 1 fully saturated rings. The van der Waals surface area contributed by atoms with Crippen molar-refractivity contribution in [2.45, 2.75) is 91.9 Å². The summed E-state index contributed by atoms with van der Waals surface area (Å²) in [4.78, 5) is 26.2. The summed E-state index contributed by atoms with van der Waals surface area (Å²) in [5, 5.41) is 0. The average molecular weight is 389 g/mol. The number of amides is 1. The lowest BCUT2D eigenvalue weighted by Gasteiger charge is -2.37. The molecule has 5 heteroatoms. The van der Waals surface area contributed by atoms with E-state index in [1.807, 2.05) is 11.8 Å². The Morgan fingerprint density at radius 1 is 0.929 bits per heavy atom. The molecule has 1 aromatic heterocycles. The molecule has 2 rings (SSSR count). The number of aromatic nitrogens is 2. The van der Waals surface area contributed by atoms with E-state index in [9.17, 15) is 4.79 Å². The van der Waals surface area contributed by atoms with Gasteiger partial charge < -0.3 is 9.80 Å². The molecule has 0 N–H and O–H groups in total. The lowest BCUT2D eigenvalue weighted by atomic mass is 10.0.